The Morgan fingerprint density at radius 1 is 1.05 bits per heavy atom. The highest BCUT2D eigenvalue weighted by molar-refractivity contribution is 5.78. The van der Waals surface area contributed by atoms with Crippen LogP contribution in [0.25, 0.3) is 11.1 Å². The standard InChI is InChI=1S/C17H18O3/c1-3-20-16(18)12-14-10-7-11-15(17(14)19-2)13-8-5-4-6-9-13/h4-11H,3,12H2,1-2H3. The van der Waals surface area contributed by atoms with E-state index in [1.807, 2.05) is 48.5 Å². The van der Waals surface area contributed by atoms with Crippen LogP contribution < -0.4 is 4.74 Å². The molecule has 0 atom stereocenters. The lowest BCUT2D eigenvalue weighted by atomic mass is 10.00. The Morgan fingerprint density at radius 3 is 2.45 bits per heavy atom. The molecule has 0 aromatic heterocycles. The number of carbonyl (C=O) groups excluding carboxylic acids is 1. The Labute approximate surface area is 119 Å². The molecule has 20 heavy (non-hydrogen) atoms. The van der Waals surface area contributed by atoms with Crippen molar-refractivity contribution in [2.75, 3.05) is 13.7 Å². The number of hydrogen-bond donors (Lipinski definition) is 0. The Balaban J connectivity index is 2.38. The minimum atomic E-state index is -0.240. The summed E-state index contributed by atoms with van der Waals surface area (Å²) in [6.45, 7) is 2.19. The number of benzene rings is 2. The Kier molecular flexibility index (Phi) is 4.77. The van der Waals surface area contributed by atoms with Crippen LogP contribution in [0.1, 0.15) is 12.5 Å². The second-order valence-corrected chi connectivity index (χ2v) is 4.35. The van der Waals surface area contributed by atoms with Crippen LogP contribution in [-0.2, 0) is 16.0 Å². The van der Waals surface area contributed by atoms with Gasteiger partial charge in [-0.25, -0.2) is 0 Å². The molecular formula is C17H18O3. The number of hydrogen-bond acceptors (Lipinski definition) is 3. The number of carbonyl (C=O) groups is 1. The highest BCUT2D eigenvalue weighted by atomic mass is 16.5. The fourth-order valence-electron chi connectivity index (χ4n) is 2.18. The zero-order valence-corrected chi connectivity index (χ0v) is 11.8. The van der Waals surface area contributed by atoms with Crippen molar-refractivity contribution in [2.45, 2.75) is 13.3 Å². The maximum absolute atomic E-state index is 11.7. The van der Waals surface area contributed by atoms with Crippen molar-refractivity contribution < 1.29 is 14.3 Å². The van der Waals surface area contributed by atoms with E-state index in [2.05, 4.69) is 0 Å². The quantitative estimate of drug-likeness (QED) is 0.780. The predicted octanol–water partition coefficient (Wildman–Crippen LogP) is 3.47. The Bertz CT molecular complexity index is 576. The molecular weight excluding hydrogens is 252 g/mol. The average Bonchev–Trinajstić information content (AvgIpc) is 2.48. The summed E-state index contributed by atoms with van der Waals surface area (Å²) in [5.41, 5.74) is 2.89. The summed E-state index contributed by atoms with van der Waals surface area (Å²) in [6, 6.07) is 15.8. The van der Waals surface area contributed by atoms with Gasteiger partial charge in [-0.2, -0.15) is 0 Å². The normalized spacial score (nSPS) is 10.1. The van der Waals surface area contributed by atoms with Gasteiger partial charge in [0.1, 0.15) is 5.75 Å². The largest absolute Gasteiger partial charge is 0.496 e. The predicted molar refractivity (Wildman–Crippen MR) is 78.8 cm³/mol. The molecule has 0 spiro atoms. The first-order valence-corrected chi connectivity index (χ1v) is 6.63. The van der Waals surface area contributed by atoms with Crippen molar-refractivity contribution in [3.8, 4) is 16.9 Å². The number of esters is 1. The number of para-hydroxylation sites is 1. The van der Waals surface area contributed by atoms with E-state index in [4.69, 9.17) is 9.47 Å². The third kappa shape index (κ3) is 3.18. The van der Waals surface area contributed by atoms with Gasteiger partial charge in [0.2, 0.25) is 0 Å². The van der Waals surface area contributed by atoms with Gasteiger partial charge in [0.15, 0.2) is 0 Å². The van der Waals surface area contributed by atoms with Gasteiger partial charge < -0.3 is 9.47 Å². The zero-order chi connectivity index (χ0) is 14.4. The summed E-state index contributed by atoms with van der Waals surface area (Å²) in [6.07, 6.45) is 0.220. The maximum atomic E-state index is 11.7. The van der Waals surface area contributed by atoms with Crippen LogP contribution >= 0.6 is 0 Å². The lowest BCUT2D eigenvalue weighted by molar-refractivity contribution is -0.142. The monoisotopic (exact) mass is 270 g/mol. The molecule has 104 valence electrons. The molecule has 2 rings (SSSR count). The summed E-state index contributed by atoms with van der Waals surface area (Å²) in [5, 5.41) is 0. The number of rotatable bonds is 5. The number of methoxy groups -OCH3 is 1. The van der Waals surface area contributed by atoms with Gasteiger partial charge in [-0.1, -0.05) is 48.5 Å². The first kappa shape index (κ1) is 14.1. The molecule has 2 aromatic rings. The fraction of sp³-hybridized carbons (Fsp3) is 0.235. The lowest BCUT2D eigenvalue weighted by Crippen LogP contribution is -2.08. The van der Waals surface area contributed by atoms with Gasteiger partial charge in [0.25, 0.3) is 0 Å². The molecule has 0 aliphatic carbocycles. The molecule has 3 heteroatoms. The molecule has 0 fully saturated rings. The highest BCUT2D eigenvalue weighted by Crippen LogP contribution is 2.33. The molecule has 2 aromatic carbocycles. The summed E-state index contributed by atoms with van der Waals surface area (Å²) >= 11 is 0. The molecule has 0 heterocycles. The van der Waals surface area contributed by atoms with Crippen molar-refractivity contribution in [3.63, 3.8) is 0 Å². The molecule has 0 bridgehead atoms. The maximum Gasteiger partial charge on any atom is 0.310 e. The van der Waals surface area contributed by atoms with E-state index >= 15 is 0 Å². The van der Waals surface area contributed by atoms with E-state index in [0.29, 0.717) is 6.61 Å². The molecule has 0 saturated heterocycles. The minimum absolute atomic E-state index is 0.220. The molecule has 0 aliphatic rings. The third-order valence-electron chi connectivity index (χ3n) is 3.03. The van der Waals surface area contributed by atoms with Crippen LogP contribution in [0.15, 0.2) is 48.5 Å². The number of ether oxygens (including phenoxy) is 2. The fourth-order valence-corrected chi connectivity index (χ4v) is 2.18. The van der Waals surface area contributed by atoms with Crippen LogP contribution in [-0.4, -0.2) is 19.7 Å². The van der Waals surface area contributed by atoms with Crippen LogP contribution in [0.3, 0.4) is 0 Å². The van der Waals surface area contributed by atoms with Crippen LogP contribution in [0.4, 0.5) is 0 Å². The third-order valence-corrected chi connectivity index (χ3v) is 3.03. The second kappa shape index (κ2) is 6.75. The topological polar surface area (TPSA) is 35.5 Å². The summed E-state index contributed by atoms with van der Waals surface area (Å²) in [5.74, 6) is 0.489. The Hall–Kier alpha value is -2.29. The van der Waals surface area contributed by atoms with E-state index in [1.165, 1.54) is 0 Å². The molecule has 0 saturated carbocycles. The molecule has 0 radical (unpaired) electrons. The van der Waals surface area contributed by atoms with Crippen LogP contribution in [0.5, 0.6) is 5.75 Å². The molecule has 0 unspecified atom stereocenters. The van der Waals surface area contributed by atoms with Gasteiger partial charge >= 0.3 is 5.97 Å². The molecule has 0 amide bonds. The minimum Gasteiger partial charge on any atom is -0.496 e. The zero-order valence-electron chi connectivity index (χ0n) is 11.8. The first-order valence-electron chi connectivity index (χ1n) is 6.63. The van der Waals surface area contributed by atoms with Gasteiger partial charge in [-0.15, -0.1) is 0 Å². The Morgan fingerprint density at radius 2 is 1.80 bits per heavy atom. The van der Waals surface area contributed by atoms with Gasteiger partial charge in [0, 0.05) is 11.1 Å². The molecule has 3 nitrogen and oxygen atoms in total. The van der Waals surface area contributed by atoms with Gasteiger partial charge in [0.05, 0.1) is 20.1 Å². The van der Waals surface area contributed by atoms with E-state index in [0.717, 1.165) is 22.4 Å². The van der Waals surface area contributed by atoms with Crippen molar-refractivity contribution in [2.24, 2.45) is 0 Å². The highest BCUT2D eigenvalue weighted by Gasteiger charge is 2.13. The van der Waals surface area contributed by atoms with Gasteiger partial charge in [-0.05, 0) is 12.5 Å². The van der Waals surface area contributed by atoms with Crippen molar-refractivity contribution in [1.82, 2.24) is 0 Å². The van der Waals surface area contributed by atoms with Crippen molar-refractivity contribution in [3.05, 3.63) is 54.1 Å². The van der Waals surface area contributed by atoms with Crippen molar-refractivity contribution in [1.29, 1.82) is 0 Å². The molecule has 0 aliphatic heterocycles. The lowest BCUT2D eigenvalue weighted by Gasteiger charge is -2.13. The first-order chi connectivity index (χ1) is 9.76. The summed E-state index contributed by atoms with van der Waals surface area (Å²) in [4.78, 5) is 11.7. The van der Waals surface area contributed by atoms with Crippen LogP contribution in [0.2, 0.25) is 0 Å². The van der Waals surface area contributed by atoms with Crippen molar-refractivity contribution >= 4 is 5.97 Å². The van der Waals surface area contributed by atoms with Crippen LogP contribution in [0, 0.1) is 0 Å². The average molecular weight is 270 g/mol. The molecule has 0 N–H and O–H groups in total. The smallest absolute Gasteiger partial charge is 0.310 e. The van der Waals surface area contributed by atoms with E-state index in [9.17, 15) is 4.79 Å². The summed E-state index contributed by atoms with van der Waals surface area (Å²) in [7, 11) is 1.62. The second-order valence-electron chi connectivity index (χ2n) is 4.35. The SMILES string of the molecule is CCOC(=O)Cc1cccc(-c2ccccc2)c1OC. The van der Waals surface area contributed by atoms with E-state index < -0.39 is 0 Å². The van der Waals surface area contributed by atoms with E-state index in [1.54, 1.807) is 14.0 Å². The van der Waals surface area contributed by atoms with E-state index in [-0.39, 0.29) is 12.4 Å². The summed E-state index contributed by atoms with van der Waals surface area (Å²) < 4.78 is 10.5. The van der Waals surface area contributed by atoms with Gasteiger partial charge in [-0.3, -0.25) is 4.79 Å².